The lowest BCUT2D eigenvalue weighted by atomic mass is 9.79. The summed E-state index contributed by atoms with van der Waals surface area (Å²) in [6.07, 6.45) is 1.69. The van der Waals surface area contributed by atoms with Gasteiger partial charge in [0.1, 0.15) is 0 Å². The molecule has 2 saturated heterocycles. The van der Waals surface area contributed by atoms with Crippen molar-refractivity contribution in [3.05, 3.63) is 29.8 Å². The average Bonchev–Trinajstić information content (AvgIpc) is 2.70. The molecule has 0 unspecified atom stereocenters. The Bertz CT molecular complexity index is 616. The fourth-order valence-corrected chi connectivity index (χ4v) is 4.74. The Morgan fingerprint density at radius 3 is 2.04 bits per heavy atom. The fraction of sp³-hybridized carbons (Fsp3) is 0.667. The Hall–Kier alpha value is -0.605. The molecule has 0 radical (unpaired) electrons. The molecule has 0 amide bonds. The molecular formula is C18H29BNO3P. The molecule has 0 aliphatic carbocycles. The zero-order chi connectivity index (χ0) is 17.6. The van der Waals surface area contributed by atoms with E-state index in [-0.39, 0.29) is 18.3 Å². The molecule has 0 saturated carbocycles. The Balaban J connectivity index is 1.62. The minimum atomic E-state index is -1.85. The maximum Gasteiger partial charge on any atom is 0.494 e. The van der Waals surface area contributed by atoms with Crippen molar-refractivity contribution in [1.82, 2.24) is 4.90 Å². The average molecular weight is 349 g/mol. The third kappa shape index (κ3) is 3.80. The Morgan fingerprint density at radius 1 is 1.04 bits per heavy atom. The Kier molecular flexibility index (Phi) is 4.76. The van der Waals surface area contributed by atoms with Gasteiger partial charge in [0.2, 0.25) is 0 Å². The van der Waals surface area contributed by atoms with E-state index in [4.69, 9.17) is 9.31 Å². The van der Waals surface area contributed by atoms with Crippen LogP contribution in [0.15, 0.2) is 24.3 Å². The normalized spacial score (nSPS) is 25.8. The number of hydrogen-bond donors (Lipinski definition) is 0. The van der Waals surface area contributed by atoms with E-state index in [1.54, 1.807) is 0 Å². The van der Waals surface area contributed by atoms with E-state index in [0.717, 1.165) is 37.4 Å². The van der Waals surface area contributed by atoms with Crippen molar-refractivity contribution in [1.29, 1.82) is 0 Å². The minimum Gasteiger partial charge on any atom is -0.399 e. The highest BCUT2D eigenvalue weighted by molar-refractivity contribution is 7.63. The van der Waals surface area contributed by atoms with Crippen molar-refractivity contribution in [2.75, 3.05) is 32.1 Å². The number of rotatable bonds is 3. The van der Waals surface area contributed by atoms with Crippen LogP contribution in [0.4, 0.5) is 0 Å². The van der Waals surface area contributed by atoms with Gasteiger partial charge in [-0.05, 0) is 45.4 Å². The van der Waals surface area contributed by atoms with E-state index in [0.29, 0.717) is 0 Å². The molecule has 0 atom stereocenters. The molecule has 0 N–H and O–H groups in total. The molecule has 0 aromatic heterocycles. The lowest BCUT2D eigenvalue weighted by Gasteiger charge is -2.32. The Morgan fingerprint density at radius 2 is 1.54 bits per heavy atom. The summed E-state index contributed by atoms with van der Waals surface area (Å²) in [6, 6.07) is 8.51. The van der Waals surface area contributed by atoms with Gasteiger partial charge < -0.3 is 13.9 Å². The molecule has 2 heterocycles. The van der Waals surface area contributed by atoms with Gasteiger partial charge in [-0.3, -0.25) is 4.90 Å². The predicted octanol–water partition coefficient (Wildman–Crippen LogP) is 2.79. The quantitative estimate of drug-likeness (QED) is 0.621. The summed E-state index contributed by atoms with van der Waals surface area (Å²) in [7, 11) is -2.15. The van der Waals surface area contributed by atoms with E-state index in [1.807, 2.05) is 6.66 Å². The van der Waals surface area contributed by atoms with E-state index >= 15 is 0 Å². The topological polar surface area (TPSA) is 38.8 Å². The molecule has 6 heteroatoms. The Labute approximate surface area is 146 Å². The van der Waals surface area contributed by atoms with Crippen LogP contribution in [0.1, 0.15) is 33.3 Å². The first-order valence-corrected chi connectivity index (χ1v) is 11.3. The molecule has 0 spiro atoms. The second-order valence-electron chi connectivity index (χ2n) is 8.35. The van der Waals surface area contributed by atoms with E-state index in [9.17, 15) is 4.57 Å². The van der Waals surface area contributed by atoms with Gasteiger partial charge in [-0.1, -0.05) is 24.3 Å². The van der Waals surface area contributed by atoms with Crippen LogP contribution in [0.3, 0.4) is 0 Å². The molecule has 24 heavy (non-hydrogen) atoms. The zero-order valence-corrected chi connectivity index (χ0v) is 16.4. The van der Waals surface area contributed by atoms with Gasteiger partial charge in [-0.2, -0.15) is 0 Å². The summed E-state index contributed by atoms with van der Waals surface area (Å²) in [5.41, 5.74) is 1.73. The summed E-state index contributed by atoms with van der Waals surface area (Å²) in [6.45, 7) is 13.0. The second-order valence-corrected chi connectivity index (χ2v) is 11.8. The first-order chi connectivity index (χ1) is 11.1. The molecule has 2 aliphatic rings. The molecule has 0 bridgehead atoms. The third-order valence-corrected chi connectivity index (χ3v) is 7.98. The molecule has 1 aromatic rings. The first-order valence-electron chi connectivity index (χ1n) is 8.80. The van der Waals surface area contributed by atoms with Crippen molar-refractivity contribution in [3.8, 4) is 0 Å². The monoisotopic (exact) mass is 349 g/mol. The van der Waals surface area contributed by atoms with Gasteiger partial charge in [-0.25, -0.2) is 0 Å². The van der Waals surface area contributed by atoms with Gasteiger partial charge in [0.05, 0.1) is 18.3 Å². The van der Waals surface area contributed by atoms with Crippen LogP contribution in [-0.4, -0.2) is 55.3 Å². The first kappa shape index (κ1) is 18.2. The lowest BCUT2D eigenvalue weighted by Crippen LogP contribution is -2.41. The number of benzene rings is 1. The predicted molar refractivity (Wildman–Crippen MR) is 101 cm³/mol. The van der Waals surface area contributed by atoms with Crippen molar-refractivity contribution in [2.24, 2.45) is 0 Å². The minimum absolute atomic E-state index is 0.301. The molecule has 1 aromatic carbocycles. The van der Waals surface area contributed by atoms with Crippen LogP contribution in [0.2, 0.25) is 0 Å². The maximum atomic E-state index is 12.1. The maximum absolute atomic E-state index is 12.1. The largest absolute Gasteiger partial charge is 0.494 e. The highest BCUT2D eigenvalue weighted by Gasteiger charge is 2.51. The molecule has 4 nitrogen and oxygen atoms in total. The van der Waals surface area contributed by atoms with Crippen molar-refractivity contribution in [3.63, 3.8) is 0 Å². The highest BCUT2D eigenvalue weighted by Crippen LogP contribution is 2.43. The van der Waals surface area contributed by atoms with Gasteiger partial charge in [0, 0.05) is 32.0 Å². The molecule has 2 fully saturated rings. The summed E-state index contributed by atoms with van der Waals surface area (Å²) in [5.74, 6) is 0. The van der Waals surface area contributed by atoms with Crippen molar-refractivity contribution >= 4 is 19.7 Å². The molecule has 2 aliphatic heterocycles. The van der Waals surface area contributed by atoms with Crippen LogP contribution >= 0.6 is 7.14 Å². The summed E-state index contributed by atoms with van der Waals surface area (Å²) < 4.78 is 24.3. The molecule has 132 valence electrons. The van der Waals surface area contributed by atoms with Crippen LogP contribution in [0, 0.1) is 0 Å². The van der Waals surface area contributed by atoms with Crippen LogP contribution in [0.5, 0.6) is 0 Å². The third-order valence-electron chi connectivity index (χ3n) is 5.69. The summed E-state index contributed by atoms with van der Waals surface area (Å²) in [4.78, 5) is 2.39. The highest BCUT2D eigenvalue weighted by atomic mass is 31.2. The van der Waals surface area contributed by atoms with E-state index < -0.39 is 7.14 Å². The van der Waals surface area contributed by atoms with Crippen LogP contribution in [-0.2, 0) is 20.4 Å². The summed E-state index contributed by atoms with van der Waals surface area (Å²) in [5, 5.41) is 0. The van der Waals surface area contributed by atoms with Gasteiger partial charge in [0.15, 0.2) is 0 Å². The van der Waals surface area contributed by atoms with Crippen molar-refractivity contribution < 1.29 is 13.9 Å². The van der Waals surface area contributed by atoms with E-state index in [2.05, 4.69) is 56.9 Å². The molecule has 3 rings (SSSR count). The van der Waals surface area contributed by atoms with Crippen LogP contribution in [0.25, 0.3) is 0 Å². The lowest BCUT2D eigenvalue weighted by molar-refractivity contribution is 0.00578. The SMILES string of the molecule is CC1(C)OB(c2ccc(CN3CCP(C)(=O)CC3)cc2)OC1(C)C. The van der Waals surface area contributed by atoms with Gasteiger partial charge >= 0.3 is 7.12 Å². The van der Waals surface area contributed by atoms with E-state index in [1.165, 1.54) is 5.56 Å². The van der Waals surface area contributed by atoms with Crippen molar-refractivity contribution in [2.45, 2.75) is 45.4 Å². The smallest absolute Gasteiger partial charge is 0.399 e. The van der Waals surface area contributed by atoms with Crippen LogP contribution < -0.4 is 5.46 Å². The second kappa shape index (κ2) is 6.28. The van der Waals surface area contributed by atoms with Gasteiger partial charge in [-0.15, -0.1) is 0 Å². The van der Waals surface area contributed by atoms with Gasteiger partial charge in [0.25, 0.3) is 0 Å². The zero-order valence-electron chi connectivity index (χ0n) is 15.5. The number of nitrogens with zero attached hydrogens (tertiary/aromatic N) is 1. The number of hydrogen-bond acceptors (Lipinski definition) is 4. The standard InChI is InChI=1S/C18H29BNO3P/c1-17(2)18(3,4)23-19(22-17)16-8-6-15(7-9-16)14-20-10-12-24(5,21)13-11-20/h6-9H,10-14H2,1-5H3. The fourth-order valence-electron chi connectivity index (χ4n) is 3.11. The summed E-state index contributed by atoms with van der Waals surface area (Å²) >= 11 is 0. The molecular weight excluding hydrogens is 320 g/mol.